The number of carbonyl (C=O) groups is 2. The number of rotatable bonds is 14. The molecule has 0 heterocycles. The van der Waals surface area contributed by atoms with Gasteiger partial charge in [-0.3, -0.25) is 4.79 Å². The quantitative estimate of drug-likeness (QED) is 0.501. The zero-order valence-electron chi connectivity index (χ0n) is 16.8. The number of aliphatic carboxylic acids is 1. The van der Waals surface area contributed by atoms with Crippen molar-refractivity contribution in [3.63, 3.8) is 0 Å². The lowest BCUT2D eigenvalue weighted by Gasteiger charge is -2.21. The number of carboxylic acid groups (broad SMARTS) is 1. The van der Waals surface area contributed by atoms with Crippen LogP contribution < -0.4 is 4.74 Å². The third-order valence-corrected chi connectivity index (χ3v) is 4.37. The number of carboxylic acids is 1. The predicted octanol–water partition coefficient (Wildman–Crippen LogP) is 3.53. The molecule has 27 heavy (non-hydrogen) atoms. The Bertz CT molecular complexity index is 558. The molecular formula is C21H33NO5. The zero-order chi connectivity index (χ0) is 20.1. The lowest BCUT2D eigenvalue weighted by molar-refractivity contribution is -0.150. The lowest BCUT2D eigenvalue weighted by Crippen LogP contribution is -2.35. The summed E-state index contributed by atoms with van der Waals surface area (Å²) in [4.78, 5) is 25.3. The number of nitrogens with zero attached hydrogens (tertiary/aromatic N) is 1. The third-order valence-electron chi connectivity index (χ3n) is 4.37. The van der Waals surface area contributed by atoms with E-state index < -0.39 is 12.1 Å². The van der Waals surface area contributed by atoms with Gasteiger partial charge in [-0.05, 0) is 38.0 Å². The van der Waals surface area contributed by atoms with Crippen LogP contribution in [0.2, 0.25) is 0 Å². The number of likely N-dealkylation sites (N-methyl/N-ethyl adjacent to an activating group) is 1. The fourth-order valence-corrected chi connectivity index (χ4v) is 2.78. The first kappa shape index (κ1) is 23.0. The number of hydrogen-bond donors (Lipinski definition) is 1. The molecule has 1 aromatic rings. The summed E-state index contributed by atoms with van der Waals surface area (Å²) >= 11 is 0. The Morgan fingerprint density at radius 2 is 1.78 bits per heavy atom. The molecule has 0 bridgehead atoms. The van der Waals surface area contributed by atoms with Gasteiger partial charge in [-0.25, -0.2) is 4.79 Å². The molecule has 0 radical (unpaired) electrons. The monoisotopic (exact) mass is 379 g/mol. The molecule has 0 aliphatic heterocycles. The lowest BCUT2D eigenvalue weighted by atomic mass is 10.1. The van der Waals surface area contributed by atoms with Crippen molar-refractivity contribution < 1.29 is 24.2 Å². The first-order chi connectivity index (χ1) is 13.0. The van der Waals surface area contributed by atoms with Crippen LogP contribution >= 0.6 is 0 Å². The van der Waals surface area contributed by atoms with Gasteiger partial charge in [0.1, 0.15) is 5.75 Å². The fourth-order valence-electron chi connectivity index (χ4n) is 2.78. The number of carbonyl (C=O) groups excluding carboxylic acids is 1. The van der Waals surface area contributed by atoms with Gasteiger partial charge in [-0.2, -0.15) is 0 Å². The van der Waals surface area contributed by atoms with E-state index in [1.165, 1.54) is 12.8 Å². The van der Waals surface area contributed by atoms with Gasteiger partial charge in [0, 0.05) is 26.1 Å². The van der Waals surface area contributed by atoms with Crippen LogP contribution in [0.15, 0.2) is 24.3 Å². The molecule has 1 atom stereocenters. The molecule has 0 spiro atoms. The number of amides is 1. The van der Waals surface area contributed by atoms with Crippen molar-refractivity contribution in [1.29, 1.82) is 0 Å². The van der Waals surface area contributed by atoms with E-state index in [2.05, 4.69) is 6.92 Å². The Balaban J connectivity index is 2.47. The minimum atomic E-state index is -0.971. The molecule has 0 aromatic heterocycles. The summed E-state index contributed by atoms with van der Waals surface area (Å²) in [5.41, 5.74) is 0.848. The molecular weight excluding hydrogens is 346 g/mol. The van der Waals surface area contributed by atoms with Crippen LogP contribution in [0, 0.1) is 0 Å². The summed E-state index contributed by atoms with van der Waals surface area (Å²) in [6.45, 7) is 7.73. The van der Waals surface area contributed by atoms with E-state index in [4.69, 9.17) is 14.6 Å². The molecule has 0 saturated carbocycles. The maximum Gasteiger partial charge on any atom is 0.333 e. The van der Waals surface area contributed by atoms with Gasteiger partial charge in [0.15, 0.2) is 12.7 Å². The molecule has 1 amide bonds. The van der Waals surface area contributed by atoms with Crippen LogP contribution in [0.3, 0.4) is 0 Å². The van der Waals surface area contributed by atoms with Crippen LogP contribution in [-0.4, -0.2) is 54.3 Å². The molecule has 152 valence electrons. The number of unbranched alkanes of at least 4 members (excludes halogenated alkanes) is 3. The summed E-state index contributed by atoms with van der Waals surface area (Å²) in [6.07, 6.45) is 3.98. The van der Waals surface area contributed by atoms with E-state index in [0.717, 1.165) is 24.9 Å². The van der Waals surface area contributed by atoms with Crippen molar-refractivity contribution in [3.8, 4) is 5.75 Å². The highest BCUT2D eigenvalue weighted by molar-refractivity contribution is 5.77. The Labute approximate surface area is 162 Å². The minimum absolute atomic E-state index is 0.0116. The van der Waals surface area contributed by atoms with Gasteiger partial charge in [0.05, 0.1) is 0 Å². The topological polar surface area (TPSA) is 76.1 Å². The third kappa shape index (κ3) is 8.91. The second-order valence-corrected chi connectivity index (χ2v) is 6.45. The Hall–Kier alpha value is -2.08. The number of benzene rings is 1. The number of hydrogen-bond acceptors (Lipinski definition) is 4. The van der Waals surface area contributed by atoms with Gasteiger partial charge in [0.25, 0.3) is 5.91 Å². The predicted molar refractivity (Wildman–Crippen MR) is 105 cm³/mol. The van der Waals surface area contributed by atoms with Crippen LogP contribution in [-0.2, 0) is 20.7 Å². The van der Waals surface area contributed by atoms with Crippen LogP contribution in [0.25, 0.3) is 0 Å². The number of ether oxygens (including phenoxy) is 2. The van der Waals surface area contributed by atoms with E-state index in [0.29, 0.717) is 25.3 Å². The molecule has 0 saturated heterocycles. The normalized spacial score (nSPS) is 11.8. The highest BCUT2D eigenvalue weighted by atomic mass is 16.5. The summed E-state index contributed by atoms with van der Waals surface area (Å²) < 4.78 is 10.8. The first-order valence-electron chi connectivity index (χ1n) is 9.85. The molecule has 1 N–H and O–H groups in total. The molecule has 6 heteroatoms. The van der Waals surface area contributed by atoms with Crippen molar-refractivity contribution in [2.45, 2.75) is 59.0 Å². The van der Waals surface area contributed by atoms with E-state index in [9.17, 15) is 9.59 Å². The van der Waals surface area contributed by atoms with Crippen LogP contribution in [0.5, 0.6) is 5.75 Å². The summed E-state index contributed by atoms with van der Waals surface area (Å²) in [5.74, 6) is -0.390. The minimum Gasteiger partial charge on any atom is -0.484 e. The van der Waals surface area contributed by atoms with E-state index in [-0.39, 0.29) is 12.5 Å². The molecule has 6 nitrogen and oxygen atoms in total. The molecule has 1 rings (SSSR count). The van der Waals surface area contributed by atoms with E-state index in [1.54, 1.807) is 31.2 Å². The Morgan fingerprint density at radius 3 is 2.33 bits per heavy atom. The summed E-state index contributed by atoms with van der Waals surface area (Å²) in [6, 6.07) is 7.12. The highest BCUT2D eigenvalue weighted by Gasteiger charge is 2.18. The van der Waals surface area contributed by atoms with Gasteiger partial charge in [0.2, 0.25) is 0 Å². The van der Waals surface area contributed by atoms with Gasteiger partial charge >= 0.3 is 5.97 Å². The Kier molecular flexibility index (Phi) is 11.2. The summed E-state index contributed by atoms with van der Waals surface area (Å²) in [5, 5.41) is 9.14. The van der Waals surface area contributed by atoms with Crippen molar-refractivity contribution in [1.82, 2.24) is 4.90 Å². The summed E-state index contributed by atoms with van der Waals surface area (Å²) in [7, 11) is 0. The second kappa shape index (κ2) is 13.1. The highest BCUT2D eigenvalue weighted by Crippen LogP contribution is 2.15. The van der Waals surface area contributed by atoms with Crippen molar-refractivity contribution >= 4 is 11.9 Å². The van der Waals surface area contributed by atoms with Gasteiger partial charge in [-0.1, -0.05) is 38.3 Å². The van der Waals surface area contributed by atoms with Crippen LogP contribution in [0.1, 0.15) is 52.0 Å². The molecule has 0 aliphatic carbocycles. The zero-order valence-corrected chi connectivity index (χ0v) is 16.8. The molecule has 1 aromatic carbocycles. The van der Waals surface area contributed by atoms with E-state index in [1.807, 2.05) is 11.8 Å². The van der Waals surface area contributed by atoms with Gasteiger partial charge < -0.3 is 19.5 Å². The van der Waals surface area contributed by atoms with Crippen LogP contribution in [0.4, 0.5) is 0 Å². The average Bonchev–Trinajstić information content (AvgIpc) is 2.67. The van der Waals surface area contributed by atoms with Crippen molar-refractivity contribution in [2.75, 3.05) is 26.3 Å². The smallest absolute Gasteiger partial charge is 0.333 e. The largest absolute Gasteiger partial charge is 0.484 e. The van der Waals surface area contributed by atoms with Gasteiger partial charge in [-0.15, -0.1) is 0 Å². The fraction of sp³-hybridized carbons (Fsp3) is 0.619. The molecule has 1 unspecified atom stereocenters. The average molecular weight is 379 g/mol. The van der Waals surface area contributed by atoms with Crippen molar-refractivity contribution in [3.05, 3.63) is 29.8 Å². The van der Waals surface area contributed by atoms with E-state index >= 15 is 0 Å². The standard InChI is InChI=1S/C21H33NO5/c1-4-7-8-9-14-22(5-2)20(23)16-27-18-12-10-17(11-13-18)15-19(21(24)25)26-6-3/h10-13,19H,4-9,14-16H2,1-3H3,(H,24,25). The maximum atomic E-state index is 12.3. The SMILES string of the molecule is CCCCCCN(CC)C(=O)COc1ccc(CC(OCC)C(=O)O)cc1. The molecule has 0 aliphatic rings. The van der Waals surface area contributed by atoms with Crippen molar-refractivity contribution in [2.24, 2.45) is 0 Å². The maximum absolute atomic E-state index is 12.3. The first-order valence-corrected chi connectivity index (χ1v) is 9.85. The Morgan fingerprint density at radius 1 is 1.07 bits per heavy atom. The molecule has 0 fully saturated rings. The second-order valence-electron chi connectivity index (χ2n) is 6.45.